The fraction of sp³-hybridized carbons (Fsp3) is 0.333. The molecule has 0 saturated carbocycles. The molecule has 2 unspecified atom stereocenters. The molecule has 0 fully saturated rings. The van der Waals surface area contributed by atoms with Crippen LogP contribution in [0.4, 0.5) is 0 Å². The van der Waals surface area contributed by atoms with E-state index in [2.05, 4.69) is 13.8 Å². The van der Waals surface area contributed by atoms with Crippen molar-refractivity contribution in [1.82, 2.24) is 0 Å². The van der Waals surface area contributed by atoms with Crippen LogP contribution in [0.2, 0.25) is 0 Å². The number of benzene rings is 1. The number of carbonyl (C=O) groups is 2. The van der Waals surface area contributed by atoms with E-state index in [0.717, 1.165) is 24.0 Å². The molecule has 0 bridgehead atoms. The number of carbonyl (C=O) groups excluding carboxylic acids is 2. The number of hydrogen-bond acceptors (Lipinski definition) is 3. The summed E-state index contributed by atoms with van der Waals surface area (Å²) in [6.45, 7) is 4.23. The lowest BCUT2D eigenvalue weighted by atomic mass is 9.84. The van der Waals surface area contributed by atoms with Crippen molar-refractivity contribution in [2.24, 2.45) is 11.8 Å². The highest BCUT2D eigenvalue weighted by molar-refractivity contribution is 6.46. The van der Waals surface area contributed by atoms with Crippen LogP contribution in [-0.2, 0) is 16.0 Å². The number of ketones is 2. The van der Waals surface area contributed by atoms with Crippen LogP contribution in [0.25, 0.3) is 0 Å². The van der Waals surface area contributed by atoms with Crippen LogP contribution < -0.4 is 0 Å². The van der Waals surface area contributed by atoms with E-state index in [1.165, 1.54) is 12.2 Å². The predicted octanol–water partition coefficient (Wildman–Crippen LogP) is 2.67. The summed E-state index contributed by atoms with van der Waals surface area (Å²) in [6.07, 6.45) is 6.00. The molecule has 0 radical (unpaired) electrons. The van der Waals surface area contributed by atoms with Gasteiger partial charge in [-0.25, -0.2) is 0 Å². The van der Waals surface area contributed by atoms with Crippen LogP contribution in [0.1, 0.15) is 25.8 Å². The monoisotopic (exact) mass is 301 g/mol. The van der Waals surface area contributed by atoms with Gasteiger partial charge in [0.05, 0.1) is 0 Å². The quantitative estimate of drug-likeness (QED) is 0.516. The predicted molar refractivity (Wildman–Crippen MR) is 85.1 cm³/mol. The van der Waals surface area contributed by atoms with Gasteiger partial charge in [0, 0.05) is 6.07 Å². The Morgan fingerprint density at radius 1 is 1.05 bits per heavy atom. The van der Waals surface area contributed by atoms with Gasteiger partial charge in [0.1, 0.15) is 0 Å². The molecule has 1 aliphatic rings. The van der Waals surface area contributed by atoms with E-state index < -0.39 is 11.6 Å². The molecule has 0 heterocycles. The molecule has 116 valence electrons. The summed E-state index contributed by atoms with van der Waals surface area (Å²) >= 11 is 0. The van der Waals surface area contributed by atoms with Crippen molar-refractivity contribution < 1.29 is 19.8 Å². The van der Waals surface area contributed by atoms with Gasteiger partial charge in [-0.1, -0.05) is 19.9 Å². The van der Waals surface area contributed by atoms with Crippen LogP contribution in [0.3, 0.4) is 0 Å². The first-order chi connectivity index (χ1) is 10.4. The lowest BCUT2D eigenvalue weighted by Crippen LogP contribution is -2.15. The van der Waals surface area contributed by atoms with Crippen LogP contribution in [0.15, 0.2) is 42.0 Å². The molecule has 0 amide bonds. The Balaban J connectivity index is 1.97. The van der Waals surface area contributed by atoms with Crippen LogP contribution in [-0.4, -0.2) is 21.8 Å². The lowest BCUT2D eigenvalue weighted by molar-refractivity contribution is -0.131. The van der Waals surface area contributed by atoms with Gasteiger partial charge in [-0.2, -0.15) is 0 Å². The van der Waals surface area contributed by atoms with Crippen molar-refractivity contribution in [2.45, 2.75) is 26.7 Å². The average molecular weight is 301 g/mol. The van der Waals surface area contributed by atoms with Gasteiger partial charge in [0.25, 0.3) is 5.75 Å². The van der Waals surface area contributed by atoms with Gasteiger partial charge in [0.15, 0.2) is 0 Å². The lowest BCUT2D eigenvalue weighted by Gasteiger charge is -2.21. The summed E-state index contributed by atoms with van der Waals surface area (Å²) in [7, 11) is 0. The topological polar surface area (TPSA) is 77.3 Å². The fourth-order valence-corrected chi connectivity index (χ4v) is 2.53. The smallest absolute Gasteiger partial charge is 0.296 e. The largest absolute Gasteiger partial charge is 0.591 e. The fourth-order valence-electron chi connectivity index (χ4n) is 2.53. The summed E-state index contributed by atoms with van der Waals surface area (Å²) in [5, 5.41) is 17.1. The summed E-state index contributed by atoms with van der Waals surface area (Å²) in [5.74, 6) is -0.110. The van der Waals surface area contributed by atoms with Crippen molar-refractivity contribution >= 4 is 11.6 Å². The van der Waals surface area contributed by atoms with Crippen molar-refractivity contribution in [3.63, 3.8) is 0 Å². The van der Waals surface area contributed by atoms with Crippen molar-refractivity contribution in [2.75, 3.05) is 0 Å². The maximum absolute atomic E-state index is 11.4. The third-order valence-corrected chi connectivity index (χ3v) is 4.16. The Hall–Kier alpha value is -2.36. The molecule has 22 heavy (non-hydrogen) atoms. The molecule has 2 atom stereocenters. The van der Waals surface area contributed by atoms with E-state index in [-0.39, 0.29) is 11.5 Å². The van der Waals surface area contributed by atoms with E-state index in [0.29, 0.717) is 11.8 Å². The maximum Gasteiger partial charge on any atom is 0.296 e. The van der Waals surface area contributed by atoms with Gasteiger partial charge >= 0.3 is 0 Å². The SMILES string of the molecule is CC(CC1=CC(=O)C(=O)C=C1)C(C)Cc1ccc([OH2+])c(O)c1. The molecule has 1 aromatic rings. The zero-order valence-electron chi connectivity index (χ0n) is 12.8. The number of phenolic OH excluding ortho intramolecular Hbond substituents is 1. The van der Waals surface area contributed by atoms with E-state index >= 15 is 0 Å². The molecule has 4 nitrogen and oxygen atoms in total. The molecule has 4 heteroatoms. The van der Waals surface area contributed by atoms with Crippen LogP contribution in [0.5, 0.6) is 11.5 Å². The van der Waals surface area contributed by atoms with Crippen molar-refractivity contribution in [1.29, 1.82) is 0 Å². The van der Waals surface area contributed by atoms with Gasteiger partial charge in [-0.15, -0.1) is 0 Å². The summed E-state index contributed by atoms with van der Waals surface area (Å²) < 4.78 is 0. The second-order valence-electron chi connectivity index (χ2n) is 6.00. The van der Waals surface area contributed by atoms with E-state index in [9.17, 15) is 14.7 Å². The van der Waals surface area contributed by atoms with Crippen molar-refractivity contribution in [3.8, 4) is 11.5 Å². The Bertz CT molecular complexity index is 655. The Morgan fingerprint density at radius 2 is 1.73 bits per heavy atom. The second-order valence-corrected chi connectivity index (χ2v) is 6.00. The number of allylic oxidation sites excluding steroid dienone is 4. The summed E-state index contributed by atoms with van der Waals surface area (Å²) in [5.41, 5.74) is 1.88. The highest BCUT2D eigenvalue weighted by atomic mass is 16.3. The van der Waals surface area contributed by atoms with Gasteiger partial charge in [0.2, 0.25) is 17.3 Å². The number of aromatic hydroxyl groups is 1. The number of phenols is 1. The minimum absolute atomic E-state index is 0.000570. The summed E-state index contributed by atoms with van der Waals surface area (Å²) in [6, 6.07) is 5.08. The number of hydrogen-bond donors (Lipinski definition) is 1. The molecule has 0 saturated heterocycles. The van der Waals surface area contributed by atoms with E-state index in [1.807, 2.05) is 6.07 Å². The minimum atomic E-state index is -0.463. The third-order valence-electron chi connectivity index (χ3n) is 4.16. The van der Waals surface area contributed by atoms with Gasteiger partial charge in [-0.05, 0) is 60.1 Å². The van der Waals surface area contributed by atoms with E-state index in [1.54, 1.807) is 18.2 Å². The first-order valence-corrected chi connectivity index (χ1v) is 7.37. The third kappa shape index (κ3) is 3.85. The molecule has 0 aromatic heterocycles. The van der Waals surface area contributed by atoms with Crippen LogP contribution >= 0.6 is 0 Å². The number of rotatable bonds is 5. The van der Waals surface area contributed by atoms with Crippen molar-refractivity contribution in [3.05, 3.63) is 47.6 Å². The normalized spacial score (nSPS) is 17.3. The molecule has 0 aliphatic heterocycles. The van der Waals surface area contributed by atoms with Gasteiger partial charge in [-0.3, -0.25) is 9.59 Å². The zero-order valence-corrected chi connectivity index (χ0v) is 12.8. The molecule has 1 aromatic carbocycles. The Labute approximate surface area is 129 Å². The standard InChI is InChI=1S/C18H20O4/c1-11(7-13-3-5-15(19)17(21)9-13)12(2)8-14-4-6-16(20)18(22)10-14/h3-6,9-12,19,21H,7-8H2,1-2H3/p+1. The first-order valence-electron chi connectivity index (χ1n) is 7.37. The van der Waals surface area contributed by atoms with Crippen LogP contribution in [0, 0.1) is 11.8 Å². The summed E-state index contributed by atoms with van der Waals surface area (Å²) in [4.78, 5) is 22.5. The molecule has 2 rings (SSSR count). The minimum Gasteiger partial charge on any atom is -0.591 e. The Kier molecular flexibility index (Phi) is 4.81. The average Bonchev–Trinajstić information content (AvgIpc) is 2.46. The first kappa shape index (κ1) is 16.0. The molecule has 0 spiro atoms. The Morgan fingerprint density at radius 3 is 2.36 bits per heavy atom. The second kappa shape index (κ2) is 6.60. The molecular formula is C18H21O4+. The maximum atomic E-state index is 11.4. The molecule has 3 N–H and O–H groups in total. The highest BCUT2D eigenvalue weighted by Gasteiger charge is 2.19. The molecule has 1 aliphatic carbocycles. The highest BCUT2D eigenvalue weighted by Crippen LogP contribution is 2.29. The van der Waals surface area contributed by atoms with E-state index in [4.69, 9.17) is 5.11 Å². The molecular weight excluding hydrogens is 280 g/mol. The van der Waals surface area contributed by atoms with Gasteiger partial charge < -0.3 is 10.2 Å². The zero-order chi connectivity index (χ0) is 16.3.